The second kappa shape index (κ2) is 12.4. The van der Waals surface area contributed by atoms with Crippen molar-refractivity contribution in [2.24, 2.45) is 22.7 Å². The van der Waals surface area contributed by atoms with E-state index >= 15 is 0 Å². The van der Waals surface area contributed by atoms with Crippen molar-refractivity contribution in [2.45, 2.75) is 132 Å². The molecule has 1 N–H and O–H groups in total. The van der Waals surface area contributed by atoms with Crippen LogP contribution in [0.2, 0.25) is 0 Å². The van der Waals surface area contributed by atoms with Gasteiger partial charge in [0.15, 0.2) is 0 Å². The maximum Gasteiger partial charge on any atom is 0.0606 e. The highest BCUT2D eigenvalue weighted by Gasteiger charge is 2.39. The van der Waals surface area contributed by atoms with Gasteiger partial charge in [0.25, 0.3) is 0 Å². The molecular formula is C24H50O. The van der Waals surface area contributed by atoms with Gasteiger partial charge < -0.3 is 5.11 Å². The van der Waals surface area contributed by atoms with Crippen molar-refractivity contribution in [1.82, 2.24) is 0 Å². The van der Waals surface area contributed by atoms with Crippen LogP contribution in [0.15, 0.2) is 0 Å². The first kappa shape index (κ1) is 25.0. The molecule has 0 aliphatic heterocycles. The molecule has 0 aliphatic carbocycles. The summed E-state index contributed by atoms with van der Waals surface area (Å²) in [6.45, 7) is 18.3. The average molecular weight is 355 g/mol. The second-order valence-corrected chi connectivity index (χ2v) is 10.5. The Kier molecular flexibility index (Phi) is 12.3. The summed E-state index contributed by atoms with van der Waals surface area (Å²) in [5, 5.41) is 11.2. The van der Waals surface area contributed by atoms with Crippen LogP contribution in [-0.2, 0) is 0 Å². The topological polar surface area (TPSA) is 20.2 Å². The molecule has 3 unspecified atom stereocenters. The molecule has 0 radical (unpaired) electrons. The number of unbranched alkanes of at least 4 members (excludes halogenated alkanes) is 8. The van der Waals surface area contributed by atoms with E-state index in [2.05, 4.69) is 55.4 Å². The van der Waals surface area contributed by atoms with Gasteiger partial charge in [-0.1, -0.05) is 120 Å². The molecule has 0 aromatic rings. The van der Waals surface area contributed by atoms with Gasteiger partial charge in [-0.15, -0.1) is 0 Å². The zero-order chi connectivity index (χ0) is 19.5. The first-order valence-electron chi connectivity index (χ1n) is 11.2. The Morgan fingerprint density at radius 2 is 1.00 bits per heavy atom. The zero-order valence-corrected chi connectivity index (χ0v) is 19.0. The molecule has 0 aromatic carbocycles. The molecule has 0 spiro atoms. The number of hydrogen-bond acceptors (Lipinski definition) is 1. The maximum absolute atomic E-state index is 11.2. The molecule has 152 valence electrons. The Bertz CT molecular complexity index is 307. The summed E-state index contributed by atoms with van der Waals surface area (Å²) in [7, 11) is 0. The Morgan fingerprint density at radius 1 is 0.600 bits per heavy atom. The summed E-state index contributed by atoms with van der Waals surface area (Å²) in [5.41, 5.74) is 0.356. The monoisotopic (exact) mass is 354 g/mol. The molecule has 0 rings (SSSR count). The third kappa shape index (κ3) is 10.6. The molecule has 25 heavy (non-hydrogen) atoms. The maximum atomic E-state index is 11.2. The van der Waals surface area contributed by atoms with Crippen LogP contribution < -0.4 is 0 Å². The van der Waals surface area contributed by atoms with E-state index in [1.54, 1.807) is 0 Å². The molecule has 0 amide bonds. The fourth-order valence-electron chi connectivity index (χ4n) is 4.44. The summed E-state index contributed by atoms with van der Waals surface area (Å²) in [6.07, 6.45) is 14.4. The normalized spacial score (nSPS) is 16.7. The standard InChI is InChI=1S/C24H50O/c1-9-11-12-13-14-15-16-17-18-19-21(24(6,7)8)22(25)20(10-2)23(3,4)5/h20-22,25H,9-19H2,1-8H3. The molecule has 1 nitrogen and oxygen atoms in total. The van der Waals surface area contributed by atoms with Crippen LogP contribution in [-0.4, -0.2) is 11.2 Å². The minimum atomic E-state index is -0.181. The lowest BCUT2D eigenvalue weighted by atomic mass is 9.65. The summed E-state index contributed by atoms with van der Waals surface area (Å²) in [4.78, 5) is 0. The zero-order valence-electron chi connectivity index (χ0n) is 19.0. The van der Waals surface area contributed by atoms with Crippen molar-refractivity contribution in [1.29, 1.82) is 0 Å². The van der Waals surface area contributed by atoms with E-state index in [0.29, 0.717) is 11.8 Å². The molecule has 0 fully saturated rings. The van der Waals surface area contributed by atoms with Gasteiger partial charge in [-0.3, -0.25) is 0 Å². The summed E-state index contributed by atoms with van der Waals surface area (Å²) in [5.74, 6) is 0.788. The minimum absolute atomic E-state index is 0.177. The quantitative estimate of drug-likeness (QED) is 0.332. The van der Waals surface area contributed by atoms with Gasteiger partial charge in [0.1, 0.15) is 0 Å². The van der Waals surface area contributed by atoms with Crippen LogP contribution in [0.4, 0.5) is 0 Å². The van der Waals surface area contributed by atoms with Gasteiger partial charge in [0, 0.05) is 0 Å². The molecule has 0 saturated carbocycles. The van der Waals surface area contributed by atoms with Gasteiger partial charge in [-0.05, 0) is 29.1 Å². The van der Waals surface area contributed by atoms with E-state index in [1.807, 2.05) is 0 Å². The number of aliphatic hydroxyl groups is 1. The van der Waals surface area contributed by atoms with E-state index < -0.39 is 0 Å². The fraction of sp³-hybridized carbons (Fsp3) is 1.00. The number of aliphatic hydroxyl groups excluding tert-OH is 1. The van der Waals surface area contributed by atoms with Crippen molar-refractivity contribution in [3.8, 4) is 0 Å². The van der Waals surface area contributed by atoms with Crippen molar-refractivity contribution in [3.63, 3.8) is 0 Å². The first-order valence-corrected chi connectivity index (χ1v) is 11.2. The van der Waals surface area contributed by atoms with Crippen LogP contribution >= 0.6 is 0 Å². The lowest BCUT2D eigenvalue weighted by Gasteiger charge is -2.43. The van der Waals surface area contributed by atoms with E-state index in [0.717, 1.165) is 6.42 Å². The average Bonchev–Trinajstić information content (AvgIpc) is 2.47. The van der Waals surface area contributed by atoms with Crippen LogP contribution in [0.25, 0.3) is 0 Å². The Labute approximate surface area is 160 Å². The second-order valence-electron chi connectivity index (χ2n) is 10.5. The smallest absolute Gasteiger partial charge is 0.0606 e. The van der Waals surface area contributed by atoms with Crippen LogP contribution in [0.3, 0.4) is 0 Å². The number of hydrogen-bond donors (Lipinski definition) is 1. The van der Waals surface area contributed by atoms with Crippen LogP contribution in [0, 0.1) is 22.7 Å². The lowest BCUT2D eigenvalue weighted by Crippen LogP contribution is -2.42. The van der Waals surface area contributed by atoms with Crippen molar-refractivity contribution < 1.29 is 5.11 Å². The predicted octanol–water partition coefficient (Wildman–Crippen LogP) is 8.00. The van der Waals surface area contributed by atoms with Gasteiger partial charge in [0.2, 0.25) is 0 Å². The minimum Gasteiger partial charge on any atom is -0.393 e. The molecule has 0 heterocycles. The van der Waals surface area contributed by atoms with Crippen LogP contribution in [0.1, 0.15) is 126 Å². The molecule has 0 aromatic heterocycles. The Morgan fingerprint density at radius 3 is 1.36 bits per heavy atom. The van der Waals surface area contributed by atoms with Crippen molar-refractivity contribution in [3.05, 3.63) is 0 Å². The van der Waals surface area contributed by atoms with Gasteiger partial charge in [-0.25, -0.2) is 0 Å². The molecule has 3 atom stereocenters. The Hall–Kier alpha value is -0.0400. The Balaban J connectivity index is 4.34. The summed E-state index contributed by atoms with van der Waals surface area (Å²) >= 11 is 0. The molecule has 1 heteroatoms. The molecule has 0 bridgehead atoms. The highest BCUT2D eigenvalue weighted by Crippen LogP contribution is 2.41. The predicted molar refractivity (Wildman–Crippen MR) is 114 cm³/mol. The van der Waals surface area contributed by atoms with E-state index in [9.17, 15) is 5.11 Å². The third-order valence-corrected chi connectivity index (χ3v) is 6.11. The van der Waals surface area contributed by atoms with Crippen molar-refractivity contribution in [2.75, 3.05) is 0 Å². The van der Waals surface area contributed by atoms with E-state index in [4.69, 9.17) is 0 Å². The molecule has 0 aliphatic rings. The van der Waals surface area contributed by atoms with Gasteiger partial charge in [0.05, 0.1) is 6.10 Å². The summed E-state index contributed by atoms with van der Waals surface area (Å²) < 4.78 is 0. The third-order valence-electron chi connectivity index (χ3n) is 6.11. The summed E-state index contributed by atoms with van der Waals surface area (Å²) in [6, 6.07) is 0. The van der Waals surface area contributed by atoms with E-state index in [1.165, 1.54) is 64.2 Å². The number of rotatable bonds is 13. The fourth-order valence-corrected chi connectivity index (χ4v) is 4.44. The highest BCUT2D eigenvalue weighted by molar-refractivity contribution is 4.88. The van der Waals surface area contributed by atoms with Gasteiger partial charge in [-0.2, -0.15) is 0 Å². The first-order chi connectivity index (χ1) is 11.6. The van der Waals surface area contributed by atoms with Crippen LogP contribution in [0.5, 0.6) is 0 Å². The van der Waals surface area contributed by atoms with Gasteiger partial charge >= 0.3 is 0 Å². The molecule has 0 saturated heterocycles. The van der Waals surface area contributed by atoms with Crippen molar-refractivity contribution >= 4 is 0 Å². The highest BCUT2D eigenvalue weighted by atomic mass is 16.3. The largest absolute Gasteiger partial charge is 0.393 e. The SMILES string of the molecule is CCCCCCCCCCCC(C(O)C(CC)C(C)(C)C)C(C)(C)C. The lowest BCUT2D eigenvalue weighted by molar-refractivity contribution is -0.0424. The molecular weight excluding hydrogens is 304 g/mol. The van der Waals surface area contributed by atoms with E-state index in [-0.39, 0.29) is 16.9 Å².